The summed E-state index contributed by atoms with van der Waals surface area (Å²) in [6.45, 7) is 1.83. The van der Waals surface area contributed by atoms with E-state index in [1.165, 1.54) is 7.11 Å². The number of hydrogen-bond donors (Lipinski definition) is 0. The van der Waals surface area contributed by atoms with Crippen LogP contribution in [0.1, 0.15) is 19.8 Å². The Hall–Kier alpha value is -1.47. The second-order valence-corrected chi connectivity index (χ2v) is 3.03. The van der Waals surface area contributed by atoms with Gasteiger partial charge < -0.3 is 18.9 Å². The molecule has 0 fully saturated rings. The van der Waals surface area contributed by atoms with Crippen molar-refractivity contribution in [3.8, 4) is 0 Å². The summed E-state index contributed by atoms with van der Waals surface area (Å²) in [6, 6.07) is 0. The van der Waals surface area contributed by atoms with Crippen LogP contribution in [0.5, 0.6) is 0 Å². The van der Waals surface area contributed by atoms with Crippen LogP contribution in [0.4, 0.5) is 0 Å². The number of Topliss-reactive ketones (excluding diaryl/α,β-unsaturated/α-hetero) is 1. The van der Waals surface area contributed by atoms with Gasteiger partial charge >= 0.3 is 11.9 Å². The fraction of sp³-hybridized carbons (Fsp3) is 0.727. The van der Waals surface area contributed by atoms with E-state index in [0.29, 0.717) is 0 Å². The zero-order chi connectivity index (χ0) is 14.6. The minimum Gasteiger partial charge on any atom is -0.469 e. The van der Waals surface area contributed by atoms with Crippen molar-refractivity contribution in [1.29, 1.82) is 0 Å². The van der Waals surface area contributed by atoms with Crippen LogP contribution >= 0.6 is 0 Å². The number of carbonyl (C=O) groups is 3. The highest BCUT2D eigenvalue weighted by Gasteiger charge is 2.15. The summed E-state index contributed by atoms with van der Waals surface area (Å²) in [7, 11) is 5.53. The maximum atomic E-state index is 10.7. The number of methoxy groups -OCH3 is 4. The molecule has 0 atom stereocenters. The first-order valence-corrected chi connectivity index (χ1v) is 5.16. The van der Waals surface area contributed by atoms with Gasteiger partial charge in [-0.25, -0.2) is 4.79 Å². The molecule has 0 rings (SSSR count). The van der Waals surface area contributed by atoms with Crippen LogP contribution in [-0.4, -0.2) is 52.5 Å². The Bertz CT molecular complexity index is 258. The molecule has 0 aromatic heterocycles. The standard InChI is InChI=1S/C7H10O5.C4H10O2/c1-11-6(9)4-3-5(8)7(10)12-2;1-4(5-2)6-3/h3-4H2,1-2H3;4H,1-3H3. The molecule has 0 aliphatic carbocycles. The summed E-state index contributed by atoms with van der Waals surface area (Å²) in [5.74, 6) is -2.17. The molecule has 7 heteroatoms. The van der Waals surface area contributed by atoms with E-state index in [9.17, 15) is 14.4 Å². The van der Waals surface area contributed by atoms with Crippen molar-refractivity contribution < 1.29 is 33.3 Å². The lowest BCUT2D eigenvalue weighted by Crippen LogP contribution is -2.16. The van der Waals surface area contributed by atoms with Gasteiger partial charge in [-0.2, -0.15) is 0 Å². The molecule has 7 nitrogen and oxygen atoms in total. The van der Waals surface area contributed by atoms with Crippen molar-refractivity contribution in [2.45, 2.75) is 26.1 Å². The van der Waals surface area contributed by atoms with E-state index < -0.39 is 17.7 Å². The summed E-state index contributed by atoms with van der Waals surface area (Å²) in [5, 5.41) is 0. The minimum atomic E-state index is -0.932. The van der Waals surface area contributed by atoms with Gasteiger partial charge in [0.2, 0.25) is 5.78 Å². The molecule has 106 valence electrons. The van der Waals surface area contributed by atoms with Crippen LogP contribution in [0.15, 0.2) is 0 Å². The Kier molecular flexibility index (Phi) is 12.6. The Labute approximate surface area is 106 Å². The van der Waals surface area contributed by atoms with Crippen molar-refractivity contribution in [1.82, 2.24) is 0 Å². The van der Waals surface area contributed by atoms with E-state index in [-0.39, 0.29) is 19.1 Å². The first kappa shape index (κ1) is 18.9. The van der Waals surface area contributed by atoms with Gasteiger partial charge in [0.25, 0.3) is 0 Å². The lowest BCUT2D eigenvalue weighted by Gasteiger charge is -2.03. The molecule has 18 heavy (non-hydrogen) atoms. The topological polar surface area (TPSA) is 88.1 Å². The highest BCUT2D eigenvalue weighted by molar-refractivity contribution is 6.33. The molecule has 0 spiro atoms. The minimum absolute atomic E-state index is 0.0648. The summed E-state index contributed by atoms with van der Waals surface area (Å²) in [4.78, 5) is 31.7. The van der Waals surface area contributed by atoms with Crippen molar-refractivity contribution in [2.24, 2.45) is 0 Å². The van der Waals surface area contributed by atoms with Gasteiger partial charge in [0.1, 0.15) is 0 Å². The lowest BCUT2D eigenvalue weighted by molar-refractivity contribution is -0.152. The van der Waals surface area contributed by atoms with Crippen molar-refractivity contribution >= 4 is 17.7 Å². The van der Waals surface area contributed by atoms with E-state index in [0.717, 1.165) is 7.11 Å². The summed E-state index contributed by atoms with van der Waals surface area (Å²) in [5.41, 5.74) is 0. The van der Waals surface area contributed by atoms with Gasteiger partial charge in [0.05, 0.1) is 20.6 Å². The van der Waals surface area contributed by atoms with Crippen LogP contribution in [0.25, 0.3) is 0 Å². The van der Waals surface area contributed by atoms with Crippen LogP contribution < -0.4 is 0 Å². The Balaban J connectivity index is 0. The molecule has 0 saturated heterocycles. The van der Waals surface area contributed by atoms with Crippen molar-refractivity contribution in [3.63, 3.8) is 0 Å². The van der Waals surface area contributed by atoms with Gasteiger partial charge in [-0.05, 0) is 6.92 Å². The van der Waals surface area contributed by atoms with E-state index in [2.05, 4.69) is 18.9 Å². The number of ether oxygens (including phenoxy) is 4. The van der Waals surface area contributed by atoms with E-state index in [4.69, 9.17) is 0 Å². The first-order chi connectivity index (χ1) is 8.42. The molecule has 0 unspecified atom stereocenters. The number of rotatable bonds is 6. The van der Waals surface area contributed by atoms with E-state index >= 15 is 0 Å². The molecule has 0 bridgehead atoms. The zero-order valence-corrected chi connectivity index (χ0v) is 11.3. The maximum absolute atomic E-state index is 10.7. The highest BCUT2D eigenvalue weighted by Crippen LogP contribution is 1.94. The third-order valence-corrected chi connectivity index (χ3v) is 1.86. The zero-order valence-electron chi connectivity index (χ0n) is 11.3. The largest absolute Gasteiger partial charge is 0.469 e. The van der Waals surface area contributed by atoms with Crippen molar-refractivity contribution in [2.75, 3.05) is 28.4 Å². The molecule has 0 saturated carbocycles. The third-order valence-electron chi connectivity index (χ3n) is 1.86. The SMILES string of the molecule is COC(=O)CCC(=O)C(=O)OC.COC(C)OC. The molecule has 0 aromatic carbocycles. The second-order valence-electron chi connectivity index (χ2n) is 3.03. The molecule has 0 radical (unpaired) electrons. The molecule has 0 amide bonds. The maximum Gasteiger partial charge on any atom is 0.374 e. The van der Waals surface area contributed by atoms with Gasteiger partial charge in [-0.3, -0.25) is 9.59 Å². The molecular weight excluding hydrogens is 244 g/mol. The molecule has 0 heterocycles. The number of hydrogen-bond acceptors (Lipinski definition) is 7. The van der Waals surface area contributed by atoms with Gasteiger partial charge in [-0.15, -0.1) is 0 Å². The van der Waals surface area contributed by atoms with E-state index in [1.54, 1.807) is 14.2 Å². The molecule has 0 N–H and O–H groups in total. The molecule has 0 aliphatic rings. The normalized spacial score (nSPS) is 9.22. The lowest BCUT2D eigenvalue weighted by atomic mass is 10.2. The van der Waals surface area contributed by atoms with Gasteiger partial charge in [0.15, 0.2) is 6.29 Å². The predicted molar refractivity (Wildman–Crippen MR) is 61.8 cm³/mol. The number of ketones is 1. The molecular formula is C11H20O7. The predicted octanol–water partition coefficient (Wildman–Crippen LogP) is 0.307. The summed E-state index contributed by atoms with van der Waals surface area (Å²) >= 11 is 0. The van der Waals surface area contributed by atoms with Crippen molar-refractivity contribution in [3.05, 3.63) is 0 Å². The third kappa shape index (κ3) is 11.0. The van der Waals surface area contributed by atoms with E-state index in [1.807, 2.05) is 6.92 Å². The van der Waals surface area contributed by atoms with Crippen LogP contribution in [-0.2, 0) is 33.3 Å². The average molecular weight is 264 g/mol. The summed E-state index contributed by atoms with van der Waals surface area (Å²) in [6.07, 6.45) is -0.325. The fourth-order valence-corrected chi connectivity index (χ4v) is 0.630. The van der Waals surface area contributed by atoms with Gasteiger partial charge in [-0.1, -0.05) is 0 Å². The van der Waals surface area contributed by atoms with Crippen LogP contribution in [0.3, 0.4) is 0 Å². The Morgan fingerprint density at radius 3 is 1.67 bits per heavy atom. The fourth-order valence-electron chi connectivity index (χ4n) is 0.630. The molecule has 0 aliphatic heterocycles. The first-order valence-electron chi connectivity index (χ1n) is 5.16. The molecule has 0 aromatic rings. The van der Waals surface area contributed by atoms with Gasteiger partial charge in [0, 0.05) is 20.6 Å². The number of carbonyl (C=O) groups excluding carboxylic acids is 3. The number of esters is 2. The highest BCUT2D eigenvalue weighted by atomic mass is 16.7. The monoisotopic (exact) mass is 264 g/mol. The average Bonchev–Trinajstić information content (AvgIpc) is 2.42. The Morgan fingerprint density at radius 1 is 0.889 bits per heavy atom. The van der Waals surface area contributed by atoms with Crippen LogP contribution in [0.2, 0.25) is 0 Å². The van der Waals surface area contributed by atoms with Crippen LogP contribution in [0, 0.1) is 0 Å². The quantitative estimate of drug-likeness (QED) is 0.387. The Morgan fingerprint density at radius 2 is 1.39 bits per heavy atom. The smallest absolute Gasteiger partial charge is 0.374 e. The second kappa shape index (κ2) is 12.0. The summed E-state index contributed by atoms with van der Waals surface area (Å²) < 4.78 is 17.8.